The molecule has 0 aliphatic carbocycles. The van der Waals surface area contributed by atoms with Crippen LogP contribution in [0.25, 0.3) is 10.9 Å². The van der Waals surface area contributed by atoms with Crippen LogP contribution in [0, 0.1) is 0 Å². The summed E-state index contributed by atoms with van der Waals surface area (Å²) in [4.78, 5) is 37.0. The van der Waals surface area contributed by atoms with Gasteiger partial charge in [-0.2, -0.15) is 0 Å². The Bertz CT molecular complexity index is 1580. The van der Waals surface area contributed by atoms with Crippen LogP contribution in [0.4, 0.5) is 0 Å². The third kappa shape index (κ3) is 6.59. The van der Waals surface area contributed by atoms with E-state index in [9.17, 15) is 9.59 Å². The second-order valence-electron chi connectivity index (χ2n) is 11.0. The van der Waals surface area contributed by atoms with Gasteiger partial charge in [-0.3, -0.25) is 14.5 Å². The smallest absolute Gasteiger partial charge is 0.239 e. The Labute approximate surface area is 265 Å². The fourth-order valence-electron chi connectivity index (χ4n) is 6.07. The number of aromatic amines is 1. The number of hydrogen-bond acceptors (Lipinski definition) is 5. The van der Waals surface area contributed by atoms with Crippen LogP contribution in [0.15, 0.2) is 83.9 Å². The van der Waals surface area contributed by atoms with Crippen LogP contribution in [0.2, 0.25) is 10.0 Å². The number of H-pyrrole nitrogens is 1. The Balaban J connectivity index is 1.38. The predicted octanol–water partition coefficient (Wildman–Crippen LogP) is 6.32. The van der Waals surface area contributed by atoms with Crippen LogP contribution in [0.5, 0.6) is 0 Å². The van der Waals surface area contributed by atoms with Crippen LogP contribution < -0.4 is 5.32 Å². The van der Waals surface area contributed by atoms with E-state index >= 15 is 0 Å². The van der Waals surface area contributed by atoms with Gasteiger partial charge in [-0.05, 0) is 54.9 Å². The fourth-order valence-corrected chi connectivity index (χ4v) is 7.81. The Morgan fingerprint density at radius 3 is 2.53 bits per heavy atom. The number of benzene rings is 3. The first-order valence-corrected chi connectivity index (χ1v) is 16.1. The van der Waals surface area contributed by atoms with Crippen LogP contribution in [-0.4, -0.2) is 70.7 Å². The predicted molar refractivity (Wildman–Crippen MR) is 173 cm³/mol. The quantitative estimate of drug-likeness (QED) is 0.199. The van der Waals surface area contributed by atoms with Gasteiger partial charge >= 0.3 is 0 Å². The van der Waals surface area contributed by atoms with Gasteiger partial charge in [-0.25, -0.2) is 0 Å². The first-order valence-electron chi connectivity index (χ1n) is 14.6. The SMILES string of the molecule is O=C1C[C@](Sc2ccccc2)(C(=O)NCCCN2CCOCC2)[C@H](c2c[nH]c3cc(Cl)ccc23)N1Cc1ccc(Cl)cc1. The highest BCUT2D eigenvalue weighted by molar-refractivity contribution is 8.01. The average Bonchev–Trinajstić information content (AvgIpc) is 3.54. The lowest BCUT2D eigenvalue weighted by Gasteiger charge is -2.36. The number of rotatable bonds is 10. The van der Waals surface area contributed by atoms with E-state index < -0.39 is 10.8 Å². The molecule has 2 aliphatic rings. The molecule has 2 saturated heterocycles. The average molecular weight is 638 g/mol. The molecule has 0 unspecified atom stereocenters. The van der Waals surface area contributed by atoms with E-state index in [1.54, 1.807) is 0 Å². The van der Waals surface area contributed by atoms with Crippen molar-refractivity contribution in [2.24, 2.45) is 0 Å². The van der Waals surface area contributed by atoms with Gasteiger partial charge in [-0.1, -0.05) is 59.6 Å². The minimum Gasteiger partial charge on any atom is -0.379 e. The zero-order valence-corrected chi connectivity index (χ0v) is 26.1. The summed E-state index contributed by atoms with van der Waals surface area (Å²) >= 11 is 14.0. The third-order valence-corrected chi connectivity index (χ3v) is 10.1. The van der Waals surface area contributed by atoms with Gasteiger partial charge < -0.3 is 19.9 Å². The van der Waals surface area contributed by atoms with E-state index in [0.29, 0.717) is 23.1 Å². The normalized spacial score (nSPS) is 21.0. The maximum Gasteiger partial charge on any atom is 0.239 e. The topological polar surface area (TPSA) is 77.7 Å². The number of hydrogen-bond donors (Lipinski definition) is 2. The molecule has 2 amide bonds. The first kappa shape index (κ1) is 30.0. The van der Waals surface area contributed by atoms with Crippen LogP contribution >= 0.6 is 35.0 Å². The van der Waals surface area contributed by atoms with Gasteiger partial charge in [-0.15, -0.1) is 11.8 Å². The molecule has 0 spiro atoms. The van der Waals surface area contributed by atoms with E-state index in [1.165, 1.54) is 11.8 Å². The molecule has 0 radical (unpaired) electrons. The van der Waals surface area contributed by atoms with Gasteiger partial charge in [0.25, 0.3) is 0 Å². The van der Waals surface area contributed by atoms with Crippen molar-refractivity contribution in [1.29, 1.82) is 0 Å². The Hall–Kier alpha value is -3.01. The molecule has 10 heteroatoms. The molecule has 6 rings (SSSR count). The highest BCUT2D eigenvalue weighted by atomic mass is 35.5. The number of aromatic nitrogens is 1. The first-order chi connectivity index (χ1) is 20.9. The van der Waals surface area contributed by atoms with Crippen molar-refractivity contribution in [3.8, 4) is 0 Å². The van der Waals surface area contributed by atoms with E-state index in [0.717, 1.165) is 66.2 Å². The number of nitrogens with zero attached hydrogens (tertiary/aromatic N) is 2. The van der Waals surface area contributed by atoms with Crippen molar-refractivity contribution in [1.82, 2.24) is 20.1 Å². The lowest BCUT2D eigenvalue weighted by atomic mass is 9.91. The van der Waals surface area contributed by atoms with Crippen molar-refractivity contribution < 1.29 is 14.3 Å². The highest BCUT2D eigenvalue weighted by Crippen LogP contribution is 2.54. The lowest BCUT2D eigenvalue weighted by molar-refractivity contribution is -0.129. The van der Waals surface area contributed by atoms with Crippen molar-refractivity contribution in [2.45, 2.75) is 35.1 Å². The largest absolute Gasteiger partial charge is 0.379 e. The number of nitrogens with one attached hydrogen (secondary N) is 2. The summed E-state index contributed by atoms with van der Waals surface area (Å²) in [6.07, 6.45) is 2.81. The second-order valence-corrected chi connectivity index (χ2v) is 13.3. The minimum absolute atomic E-state index is 0.0698. The molecule has 2 aliphatic heterocycles. The molecule has 2 atom stereocenters. The third-order valence-electron chi connectivity index (χ3n) is 8.19. The maximum atomic E-state index is 14.5. The maximum absolute atomic E-state index is 14.5. The Morgan fingerprint density at radius 2 is 1.77 bits per heavy atom. The summed E-state index contributed by atoms with van der Waals surface area (Å²) in [5, 5.41) is 5.42. The molecule has 7 nitrogen and oxygen atoms in total. The highest BCUT2D eigenvalue weighted by Gasteiger charge is 2.58. The number of likely N-dealkylation sites (tertiary alicyclic amines) is 1. The standard InChI is InChI=1S/C33H34Cl2N4O3S/c34-24-9-7-23(8-10-24)22-39-30(40)20-33(43-26-5-2-1-3-6-26,32(41)36-13-4-14-38-15-17-42-18-16-38)31(39)28-21-37-29-19-25(35)11-12-27(28)29/h1-3,5-12,19,21,31,37H,4,13-18,20,22H2,(H,36,41)/t31-,33+/m0/s1. The second kappa shape index (κ2) is 13.3. The molecule has 2 fully saturated rings. The van der Waals surface area contributed by atoms with Gasteiger partial charge in [0.1, 0.15) is 4.75 Å². The molecule has 1 aromatic heterocycles. The number of ether oxygens (including phenoxy) is 1. The molecule has 4 aromatic rings. The van der Waals surface area contributed by atoms with E-state index in [4.69, 9.17) is 27.9 Å². The summed E-state index contributed by atoms with van der Waals surface area (Å²) in [7, 11) is 0. The van der Waals surface area contributed by atoms with E-state index in [-0.39, 0.29) is 18.2 Å². The van der Waals surface area contributed by atoms with Gasteiger partial charge in [0.2, 0.25) is 11.8 Å². The molecular formula is C33H34Cl2N4O3S. The molecule has 224 valence electrons. The summed E-state index contributed by atoms with van der Waals surface area (Å²) < 4.78 is 4.35. The monoisotopic (exact) mass is 636 g/mol. The molecular weight excluding hydrogens is 603 g/mol. The zero-order valence-electron chi connectivity index (χ0n) is 23.7. The van der Waals surface area contributed by atoms with Crippen LogP contribution in [0.1, 0.15) is 30.0 Å². The summed E-state index contributed by atoms with van der Waals surface area (Å²) in [6.45, 7) is 5.05. The van der Waals surface area contributed by atoms with Gasteiger partial charge in [0.15, 0.2) is 0 Å². The number of amides is 2. The molecule has 3 aromatic carbocycles. The number of morpholine rings is 1. The van der Waals surface area contributed by atoms with Crippen molar-refractivity contribution in [2.75, 3.05) is 39.4 Å². The van der Waals surface area contributed by atoms with Crippen LogP contribution in [-0.2, 0) is 20.9 Å². The van der Waals surface area contributed by atoms with Crippen molar-refractivity contribution >= 4 is 57.7 Å². The number of thioether (sulfide) groups is 1. The summed E-state index contributed by atoms with van der Waals surface area (Å²) in [5.41, 5.74) is 2.69. The number of carbonyl (C=O) groups is 2. The molecule has 2 N–H and O–H groups in total. The van der Waals surface area contributed by atoms with Crippen molar-refractivity contribution in [3.63, 3.8) is 0 Å². The number of carbonyl (C=O) groups excluding carboxylic acids is 2. The molecule has 0 bridgehead atoms. The Morgan fingerprint density at radius 1 is 1.02 bits per heavy atom. The van der Waals surface area contributed by atoms with Crippen molar-refractivity contribution in [3.05, 3.63) is 100 Å². The summed E-state index contributed by atoms with van der Waals surface area (Å²) in [5.74, 6) is -0.209. The van der Waals surface area contributed by atoms with E-state index in [1.807, 2.05) is 83.9 Å². The number of fused-ring (bicyclic) bond motifs is 1. The molecule has 3 heterocycles. The van der Waals surface area contributed by atoms with Crippen LogP contribution in [0.3, 0.4) is 0 Å². The molecule has 0 saturated carbocycles. The van der Waals surface area contributed by atoms with Gasteiger partial charge in [0.05, 0.1) is 25.7 Å². The minimum atomic E-state index is -1.11. The Kier molecular flexibility index (Phi) is 9.31. The zero-order chi connectivity index (χ0) is 29.8. The number of halogens is 2. The summed E-state index contributed by atoms with van der Waals surface area (Å²) in [6, 6.07) is 22.5. The molecule has 43 heavy (non-hydrogen) atoms. The fraction of sp³-hybridized carbons (Fsp3) is 0.333. The van der Waals surface area contributed by atoms with Gasteiger partial charge in [0, 0.05) is 63.8 Å². The lowest BCUT2D eigenvalue weighted by Crippen LogP contribution is -2.48. The van der Waals surface area contributed by atoms with E-state index in [2.05, 4.69) is 15.2 Å².